The van der Waals surface area contributed by atoms with E-state index in [1.54, 1.807) is 0 Å². The van der Waals surface area contributed by atoms with Crippen LogP contribution < -0.4 is 5.56 Å². The van der Waals surface area contributed by atoms with E-state index >= 15 is 0 Å². The van der Waals surface area contributed by atoms with Gasteiger partial charge >= 0.3 is 0 Å². The van der Waals surface area contributed by atoms with Crippen LogP contribution in [0.1, 0.15) is 18.2 Å². The summed E-state index contributed by atoms with van der Waals surface area (Å²) in [5.74, 6) is 0.938. The Bertz CT molecular complexity index is 865. The smallest absolute Gasteiger partial charge is 0.258 e. The average Bonchev–Trinajstić information content (AvgIpc) is 3.10. The van der Waals surface area contributed by atoms with Gasteiger partial charge in [-0.15, -0.1) is 0 Å². The van der Waals surface area contributed by atoms with Crippen molar-refractivity contribution in [1.29, 1.82) is 0 Å². The Morgan fingerprint density at radius 1 is 1.09 bits per heavy atom. The SMILES string of the molecule is O=c1[nH]c(C2CCOC2)nc2ccc(-c3ccccc3)cc12. The van der Waals surface area contributed by atoms with E-state index in [4.69, 9.17) is 4.74 Å². The third kappa shape index (κ3) is 2.31. The second-order valence-corrected chi connectivity index (χ2v) is 5.61. The van der Waals surface area contributed by atoms with Crippen LogP contribution in [0.25, 0.3) is 22.0 Å². The van der Waals surface area contributed by atoms with Crippen LogP contribution in [0.5, 0.6) is 0 Å². The highest BCUT2D eigenvalue weighted by Crippen LogP contribution is 2.25. The first-order valence-corrected chi connectivity index (χ1v) is 7.48. The lowest BCUT2D eigenvalue weighted by Gasteiger charge is -2.09. The van der Waals surface area contributed by atoms with Crippen molar-refractivity contribution in [3.8, 4) is 11.1 Å². The molecule has 1 saturated heterocycles. The molecule has 0 spiro atoms. The molecule has 22 heavy (non-hydrogen) atoms. The van der Waals surface area contributed by atoms with Gasteiger partial charge in [-0.05, 0) is 29.7 Å². The van der Waals surface area contributed by atoms with E-state index in [0.717, 1.165) is 35.5 Å². The number of aromatic nitrogens is 2. The third-order valence-corrected chi connectivity index (χ3v) is 4.15. The zero-order valence-corrected chi connectivity index (χ0v) is 12.1. The minimum atomic E-state index is -0.0790. The minimum absolute atomic E-state index is 0.0790. The van der Waals surface area contributed by atoms with Gasteiger partial charge in [0, 0.05) is 12.5 Å². The lowest BCUT2D eigenvalue weighted by atomic mass is 10.0. The molecule has 4 heteroatoms. The van der Waals surface area contributed by atoms with Gasteiger partial charge in [0.15, 0.2) is 0 Å². The summed E-state index contributed by atoms with van der Waals surface area (Å²) in [6, 6.07) is 15.9. The summed E-state index contributed by atoms with van der Waals surface area (Å²) in [4.78, 5) is 19.9. The Morgan fingerprint density at radius 3 is 2.73 bits per heavy atom. The molecule has 2 heterocycles. The molecule has 0 saturated carbocycles. The Hall–Kier alpha value is -2.46. The number of aromatic amines is 1. The van der Waals surface area contributed by atoms with Crippen LogP contribution in [-0.2, 0) is 4.74 Å². The van der Waals surface area contributed by atoms with Crippen LogP contribution in [0.2, 0.25) is 0 Å². The van der Waals surface area contributed by atoms with Gasteiger partial charge in [0.2, 0.25) is 0 Å². The maximum absolute atomic E-state index is 12.4. The van der Waals surface area contributed by atoms with E-state index in [1.807, 2.05) is 48.5 Å². The number of ether oxygens (including phenoxy) is 1. The Balaban J connectivity index is 1.82. The molecule has 0 radical (unpaired) electrons. The minimum Gasteiger partial charge on any atom is -0.381 e. The lowest BCUT2D eigenvalue weighted by Crippen LogP contribution is -2.15. The monoisotopic (exact) mass is 292 g/mol. The summed E-state index contributed by atoms with van der Waals surface area (Å²) >= 11 is 0. The fourth-order valence-corrected chi connectivity index (χ4v) is 2.91. The number of nitrogens with one attached hydrogen (secondary N) is 1. The molecule has 4 nitrogen and oxygen atoms in total. The van der Waals surface area contributed by atoms with Gasteiger partial charge in [-0.2, -0.15) is 0 Å². The predicted molar refractivity (Wildman–Crippen MR) is 86.0 cm³/mol. The van der Waals surface area contributed by atoms with Crippen molar-refractivity contribution in [3.05, 3.63) is 64.7 Å². The standard InChI is InChI=1S/C18H16N2O2/c21-18-15-10-13(12-4-2-1-3-5-12)6-7-16(15)19-17(20-18)14-8-9-22-11-14/h1-7,10,14H,8-9,11H2,(H,19,20,21). The second kappa shape index (κ2) is 5.39. The topological polar surface area (TPSA) is 55.0 Å². The Labute approximate surface area is 127 Å². The zero-order chi connectivity index (χ0) is 14.9. The molecule has 1 aliphatic rings. The van der Waals surface area contributed by atoms with E-state index < -0.39 is 0 Å². The first-order valence-electron chi connectivity index (χ1n) is 7.48. The van der Waals surface area contributed by atoms with Crippen LogP contribution >= 0.6 is 0 Å². The van der Waals surface area contributed by atoms with Crippen LogP contribution in [0.4, 0.5) is 0 Å². The Morgan fingerprint density at radius 2 is 1.95 bits per heavy atom. The van der Waals surface area contributed by atoms with E-state index in [9.17, 15) is 4.79 Å². The molecule has 1 N–H and O–H groups in total. The number of hydrogen-bond donors (Lipinski definition) is 1. The fraction of sp³-hybridized carbons (Fsp3) is 0.222. The second-order valence-electron chi connectivity index (χ2n) is 5.61. The number of H-pyrrole nitrogens is 1. The van der Waals surface area contributed by atoms with Gasteiger partial charge in [0.05, 0.1) is 17.5 Å². The highest BCUT2D eigenvalue weighted by molar-refractivity contribution is 5.83. The number of hydrogen-bond acceptors (Lipinski definition) is 3. The van der Waals surface area contributed by atoms with Gasteiger partial charge in [0.1, 0.15) is 5.82 Å². The van der Waals surface area contributed by atoms with Crippen molar-refractivity contribution >= 4 is 10.9 Å². The van der Waals surface area contributed by atoms with Crippen LogP contribution in [0, 0.1) is 0 Å². The molecule has 1 unspecified atom stereocenters. The van der Waals surface area contributed by atoms with Crippen molar-refractivity contribution in [2.45, 2.75) is 12.3 Å². The molecule has 1 aliphatic heterocycles. The number of fused-ring (bicyclic) bond motifs is 1. The highest BCUT2D eigenvalue weighted by Gasteiger charge is 2.20. The highest BCUT2D eigenvalue weighted by atomic mass is 16.5. The molecule has 1 fully saturated rings. The van der Waals surface area contributed by atoms with Crippen molar-refractivity contribution in [3.63, 3.8) is 0 Å². The van der Waals surface area contributed by atoms with Gasteiger partial charge in [-0.25, -0.2) is 4.98 Å². The predicted octanol–water partition coefficient (Wildman–Crippen LogP) is 3.09. The van der Waals surface area contributed by atoms with E-state index in [1.165, 1.54) is 0 Å². The Kier molecular flexibility index (Phi) is 3.24. The molecule has 0 aliphatic carbocycles. The van der Waals surface area contributed by atoms with Crippen LogP contribution in [0.3, 0.4) is 0 Å². The molecule has 1 aromatic heterocycles. The summed E-state index contributed by atoms with van der Waals surface area (Å²) < 4.78 is 5.38. The van der Waals surface area contributed by atoms with Gasteiger partial charge in [0.25, 0.3) is 5.56 Å². The maximum Gasteiger partial charge on any atom is 0.258 e. The van der Waals surface area contributed by atoms with Crippen LogP contribution in [0.15, 0.2) is 53.3 Å². The van der Waals surface area contributed by atoms with E-state index in [0.29, 0.717) is 12.0 Å². The molecular weight excluding hydrogens is 276 g/mol. The summed E-state index contributed by atoms with van der Waals surface area (Å²) in [6.07, 6.45) is 0.913. The quantitative estimate of drug-likeness (QED) is 0.789. The van der Waals surface area contributed by atoms with Crippen molar-refractivity contribution in [1.82, 2.24) is 9.97 Å². The van der Waals surface area contributed by atoms with Crippen molar-refractivity contribution in [2.24, 2.45) is 0 Å². The lowest BCUT2D eigenvalue weighted by molar-refractivity contribution is 0.193. The summed E-state index contributed by atoms with van der Waals surface area (Å²) in [7, 11) is 0. The summed E-state index contributed by atoms with van der Waals surface area (Å²) in [6.45, 7) is 1.37. The number of rotatable bonds is 2. The molecule has 1 atom stereocenters. The van der Waals surface area contributed by atoms with E-state index in [2.05, 4.69) is 9.97 Å². The van der Waals surface area contributed by atoms with E-state index in [-0.39, 0.29) is 11.5 Å². The number of nitrogens with zero attached hydrogens (tertiary/aromatic N) is 1. The summed E-state index contributed by atoms with van der Waals surface area (Å²) in [5.41, 5.74) is 2.78. The van der Waals surface area contributed by atoms with Gasteiger partial charge < -0.3 is 9.72 Å². The molecule has 4 rings (SSSR count). The van der Waals surface area contributed by atoms with Crippen molar-refractivity contribution < 1.29 is 4.74 Å². The normalized spacial score (nSPS) is 17.9. The molecule has 110 valence electrons. The van der Waals surface area contributed by atoms with Gasteiger partial charge in [-0.1, -0.05) is 36.4 Å². The molecular formula is C18H16N2O2. The van der Waals surface area contributed by atoms with Crippen LogP contribution in [-0.4, -0.2) is 23.2 Å². The van der Waals surface area contributed by atoms with Gasteiger partial charge in [-0.3, -0.25) is 4.79 Å². The molecule has 3 aromatic rings. The molecule has 2 aromatic carbocycles. The number of benzene rings is 2. The first kappa shape index (κ1) is 13.2. The van der Waals surface area contributed by atoms with Crippen molar-refractivity contribution in [2.75, 3.05) is 13.2 Å². The maximum atomic E-state index is 12.4. The third-order valence-electron chi connectivity index (χ3n) is 4.15. The summed E-state index contributed by atoms with van der Waals surface area (Å²) in [5, 5.41) is 0.629. The zero-order valence-electron chi connectivity index (χ0n) is 12.1. The first-order chi connectivity index (χ1) is 10.8. The molecule has 0 amide bonds. The average molecular weight is 292 g/mol. The molecule has 0 bridgehead atoms. The fourth-order valence-electron chi connectivity index (χ4n) is 2.91. The largest absolute Gasteiger partial charge is 0.381 e.